The number of piperidine rings is 1. The molecule has 1 saturated carbocycles. The van der Waals surface area contributed by atoms with Crippen molar-refractivity contribution >= 4 is 11.9 Å². The number of fused-ring (bicyclic) bond motifs is 1. The Bertz CT molecular complexity index is 1000. The van der Waals surface area contributed by atoms with Gasteiger partial charge in [0.25, 0.3) is 5.91 Å². The number of hydrogen-bond acceptors (Lipinski definition) is 5. The van der Waals surface area contributed by atoms with Crippen molar-refractivity contribution in [1.82, 2.24) is 25.2 Å². The van der Waals surface area contributed by atoms with Crippen LogP contribution in [0.5, 0.6) is 0 Å². The van der Waals surface area contributed by atoms with Gasteiger partial charge in [0.15, 0.2) is 0 Å². The number of aromatic nitrogens is 3. The molecular formula is C21H25F3N6O. The summed E-state index contributed by atoms with van der Waals surface area (Å²) in [4.78, 5) is 25.3. The summed E-state index contributed by atoms with van der Waals surface area (Å²) < 4.78 is 41.3. The molecule has 5 rings (SSSR count). The zero-order valence-electron chi connectivity index (χ0n) is 17.3. The van der Waals surface area contributed by atoms with Gasteiger partial charge in [-0.05, 0) is 44.1 Å². The maximum absolute atomic E-state index is 13.8. The molecule has 3 aliphatic rings. The van der Waals surface area contributed by atoms with Crippen LogP contribution >= 0.6 is 0 Å². The fourth-order valence-electron chi connectivity index (χ4n) is 4.63. The lowest BCUT2D eigenvalue weighted by atomic mass is 9.99. The summed E-state index contributed by atoms with van der Waals surface area (Å²) in [5.74, 6) is -0.0458. The molecule has 2 aromatic rings. The molecule has 166 valence electrons. The number of nitrogens with zero attached hydrogens (tertiary/aromatic N) is 3. The summed E-state index contributed by atoms with van der Waals surface area (Å²) in [5.41, 5.74) is 0.426. The van der Waals surface area contributed by atoms with E-state index < -0.39 is 11.7 Å². The molecule has 3 N–H and O–H groups in total. The topological polar surface area (TPSA) is 85.9 Å². The first-order valence-corrected chi connectivity index (χ1v) is 10.7. The second kappa shape index (κ2) is 7.22. The molecule has 2 fully saturated rings. The van der Waals surface area contributed by atoms with Crippen molar-refractivity contribution in [2.24, 2.45) is 0 Å². The van der Waals surface area contributed by atoms with Crippen molar-refractivity contribution < 1.29 is 18.0 Å². The number of aromatic amines is 1. The van der Waals surface area contributed by atoms with Gasteiger partial charge >= 0.3 is 6.18 Å². The lowest BCUT2D eigenvalue weighted by Crippen LogP contribution is -2.46. The molecule has 1 saturated heterocycles. The molecule has 2 aromatic heterocycles. The van der Waals surface area contributed by atoms with Crippen molar-refractivity contribution in [3.63, 3.8) is 0 Å². The third-order valence-corrected chi connectivity index (χ3v) is 6.70. The standard InChI is InChI=1S/C21H25F3N6O/c1-30-8-2-3-13-14(10-25-17(13)18(30)31)16-15(21(22,23)24)11-26-19(29-16)28-12-4-5-20(6-7-20)27-9-12/h10-12,25,27H,2-9H2,1H3,(H,26,28,29)/t12-/m0/s1. The Labute approximate surface area is 177 Å². The van der Waals surface area contributed by atoms with E-state index >= 15 is 0 Å². The van der Waals surface area contributed by atoms with Gasteiger partial charge in [-0.2, -0.15) is 13.2 Å². The third kappa shape index (κ3) is 3.77. The van der Waals surface area contributed by atoms with E-state index in [4.69, 9.17) is 0 Å². The van der Waals surface area contributed by atoms with Gasteiger partial charge in [0.05, 0.1) is 5.69 Å². The van der Waals surface area contributed by atoms with Crippen LogP contribution in [0.25, 0.3) is 11.3 Å². The van der Waals surface area contributed by atoms with Crippen molar-refractivity contribution in [3.05, 3.63) is 29.2 Å². The molecule has 1 aliphatic carbocycles. The quantitative estimate of drug-likeness (QED) is 0.691. The normalized spacial score (nSPS) is 22.9. The van der Waals surface area contributed by atoms with Crippen molar-refractivity contribution in [2.45, 2.75) is 56.3 Å². The summed E-state index contributed by atoms with van der Waals surface area (Å²) >= 11 is 0. The molecule has 2 aliphatic heterocycles. The predicted molar refractivity (Wildman–Crippen MR) is 109 cm³/mol. The molecule has 10 heteroatoms. The van der Waals surface area contributed by atoms with E-state index in [1.807, 2.05) is 0 Å². The van der Waals surface area contributed by atoms with E-state index in [1.54, 1.807) is 11.9 Å². The summed E-state index contributed by atoms with van der Waals surface area (Å²) in [7, 11) is 1.69. The van der Waals surface area contributed by atoms with Crippen molar-refractivity contribution in [2.75, 3.05) is 25.5 Å². The Morgan fingerprint density at radius 3 is 2.77 bits per heavy atom. The number of carbonyl (C=O) groups is 1. The van der Waals surface area contributed by atoms with Gasteiger partial charge < -0.3 is 20.5 Å². The van der Waals surface area contributed by atoms with Gasteiger partial charge in [-0.1, -0.05) is 0 Å². The zero-order valence-corrected chi connectivity index (χ0v) is 17.3. The fourth-order valence-corrected chi connectivity index (χ4v) is 4.63. The summed E-state index contributed by atoms with van der Waals surface area (Å²) in [6.07, 6.45) is 3.21. The van der Waals surface area contributed by atoms with Gasteiger partial charge in [0.2, 0.25) is 5.95 Å². The maximum atomic E-state index is 13.8. The Morgan fingerprint density at radius 1 is 1.29 bits per heavy atom. The minimum absolute atomic E-state index is 0.0642. The number of nitrogens with one attached hydrogen (secondary N) is 3. The van der Waals surface area contributed by atoms with E-state index in [0.29, 0.717) is 36.2 Å². The Hall–Kier alpha value is -2.62. The molecule has 1 atom stereocenters. The first-order valence-electron chi connectivity index (χ1n) is 10.7. The number of alkyl halides is 3. The molecule has 0 radical (unpaired) electrons. The minimum Gasteiger partial charge on any atom is -0.356 e. The summed E-state index contributed by atoms with van der Waals surface area (Å²) in [5, 5.41) is 6.73. The van der Waals surface area contributed by atoms with Gasteiger partial charge in [0.1, 0.15) is 11.3 Å². The van der Waals surface area contributed by atoms with Gasteiger partial charge in [-0.25, -0.2) is 9.97 Å². The van der Waals surface area contributed by atoms with Crippen LogP contribution in [-0.4, -0.2) is 57.5 Å². The zero-order chi connectivity index (χ0) is 21.8. The van der Waals surface area contributed by atoms with E-state index in [2.05, 4.69) is 25.6 Å². The smallest absolute Gasteiger partial charge is 0.356 e. The predicted octanol–water partition coefficient (Wildman–Crippen LogP) is 3.21. The van der Waals surface area contributed by atoms with Crippen molar-refractivity contribution in [1.29, 1.82) is 0 Å². The number of halogens is 3. The molecule has 1 spiro atoms. The van der Waals surface area contributed by atoms with Gasteiger partial charge in [-0.15, -0.1) is 0 Å². The van der Waals surface area contributed by atoms with Crippen LogP contribution in [0.2, 0.25) is 0 Å². The Morgan fingerprint density at radius 2 is 2.10 bits per heavy atom. The Kier molecular flexibility index (Phi) is 4.72. The lowest BCUT2D eigenvalue weighted by molar-refractivity contribution is -0.137. The molecule has 0 bridgehead atoms. The third-order valence-electron chi connectivity index (χ3n) is 6.70. The number of carbonyl (C=O) groups excluding carboxylic acids is 1. The van der Waals surface area contributed by atoms with Crippen molar-refractivity contribution in [3.8, 4) is 11.3 Å². The van der Waals surface area contributed by atoms with Crippen LogP contribution in [0.1, 0.15) is 53.7 Å². The first kappa shape index (κ1) is 20.3. The first-order chi connectivity index (χ1) is 14.8. The highest BCUT2D eigenvalue weighted by Crippen LogP contribution is 2.42. The minimum atomic E-state index is -4.60. The van der Waals surface area contributed by atoms with Gasteiger partial charge in [0, 0.05) is 49.7 Å². The highest BCUT2D eigenvalue weighted by atomic mass is 19.4. The molecule has 4 heterocycles. The summed E-state index contributed by atoms with van der Waals surface area (Å²) in [6.45, 7) is 1.29. The second-order valence-corrected chi connectivity index (χ2v) is 8.88. The molecule has 1 amide bonds. The number of amides is 1. The highest BCUT2D eigenvalue weighted by molar-refractivity contribution is 5.96. The van der Waals surface area contributed by atoms with Gasteiger partial charge in [-0.3, -0.25) is 4.79 Å². The second-order valence-electron chi connectivity index (χ2n) is 8.88. The van der Waals surface area contributed by atoms with Crippen LogP contribution in [0.15, 0.2) is 12.4 Å². The number of rotatable bonds is 3. The maximum Gasteiger partial charge on any atom is 0.419 e. The van der Waals surface area contributed by atoms with E-state index in [1.165, 1.54) is 19.0 Å². The SMILES string of the molecule is CN1CCCc2c(-c3nc(N[C@H]4CCC5(CC5)NC4)ncc3C(F)(F)F)c[nH]c2C1=O. The molecule has 0 aromatic carbocycles. The number of hydrogen-bond donors (Lipinski definition) is 3. The van der Waals surface area contributed by atoms with Crippen LogP contribution in [0, 0.1) is 0 Å². The largest absolute Gasteiger partial charge is 0.419 e. The van der Waals surface area contributed by atoms with Crippen LogP contribution in [0.4, 0.5) is 19.1 Å². The van der Waals surface area contributed by atoms with E-state index in [-0.39, 0.29) is 29.1 Å². The molecule has 31 heavy (non-hydrogen) atoms. The Balaban J connectivity index is 1.49. The number of anilines is 1. The summed E-state index contributed by atoms with van der Waals surface area (Å²) in [6, 6.07) is 0.0642. The lowest BCUT2D eigenvalue weighted by Gasteiger charge is -2.30. The molecule has 7 nitrogen and oxygen atoms in total. The van der Waals surface area contributed by atoms with Crippen LogP contribution in [-0.2, 0) is 12.6 Å². The van der Waals surface area contributed by atoms with E-state index in [9.17, 15) is 18.0 Å². The van der Waals surface area contributed by atoms with E-state index in [0.717, 1.165) is 25.6 Å². The molecular weight excluding hydrogens is 409 g/mol. The average molecular weight is 434 g/mol. The highest BCUT2D eigenvalue weighted by Gasteiger charge is 2.45. The monoisotopic (exact) mass is 434 g/mol. The number of H-pyrrole nitrogens is 1. The van der Waals surface area contributed by atoms with Crippen LogP contribution < -0.4 is 10.6 Å². The fraction of sp³-hybridized carbons (Fsp3) is 0.571. The average Bonchev–Trinajstić information content (AvgIpc) is 3.39. The molecule has 0 unspecified atom stereocenters. The van der Waals surface area contributed by atoms with Crippen LogP contribution in [0.3, 0.4) is 0 Å².